The molecule has 0 heterocycles. The van der Waals surface area contributed by atoms with E-state index in [0.29, 0.717) is 31.9 Å². The molecule has 1 fully saturated rings. The lowest BCUT2D eigenvalue weighted by Crippen LogP contribution is -2.35. The molecule has 24 heavy (non-hydrogen) atoms. The van der Waals surface area contributed by atoms with Crippen LogP contribution < -0.4 is 10.1 Å². The topological polar surface area (TPSA) is 75.6 Å². The van der Waals surface area contributed by atoms with Crippen LogP contribution in [0.4, 0.5) is 0 Å². The Hall–Kier alpha value is -2.04. The highest BCUT2D eigenvalue weighted by atomic mass is 16.5. The lowest BCUT2D eigenvalue weighted by atomic mass is 9.81. The monoisotopic (exact) mass is 333 g/mol. The van der Waals surface area contributed by atoms with Crippen molar-refractivity contribution in [2.45, 2.75) is 46.1 Å². The molecule has 5 nitrogen and oxygen atoms in total. The van der Waals surface area contributed by atoms with Gasteiger partial charge >= 0.3 is 5.97 Å². The molecule has 5 heteroatoms. The van der Waals surface area contributed by atoms with E-state index in [9.17, 15) is 9.59 Å². The van der Waals surface area contributed by atoms with Crippen molar-refractivity contribution in [2.24, 2.45) is 17.8 Å². The van der Waals surface area contributed by atoms with Crippen LogP contribution in [0, 0.1) is 17.8 Å². The van der Waals surface area contributed by atoms with Gasteiger partial charge in [-0.3, -0.25) is 9.59 Å². The van der Waals surface area contributed by atoms with E-state index in [1.807, 2.05) is 24.3 Å². The molecule has 2 N–H and O–H groups in total. The molecule has 1 aromatic carbocycles. The number of aliphatic carboxylic acids is 1. The third-order valence-electron chi connectivity index (χ3n) is 4.39. The van der Waals surface area contributed by atoms with Crippen molar-refractivity contribution in [1.29, 1.82) is 0 Å². The predicted octanol–water partition coefficient (Wildman–Crippen LogP) is 3.23. The summed E-state index contributed by atoms with van der Waals surface area (Å²) in [6.45, 7) is 5.22. The summed E-state index contributed by atoms with van der Waals surface area (Å²) in [4.78, 5) is 23.5. The van der Waals surface area contributed by atoms with Crippen molar-refractivity contribution < 1.29 is 19.4 Å². The maximum absolute atomic E-state index is 12.4. The van der Waals surface area contributed by atoms with Crippen molar-refractivity contribution in [1.82, 2.24) is 5.32 Å². The maximum Gasteiger partial charge on any atom is 0.306 e. The minimum Gasteiger partial charge on any atom is -0.493 e. The highest BCUT2D eigenvalue weighted by molar-refractivity contribution is 5.80. The van der Waals surface area contributed by atoms with Crippen LogP contribution in [-0.4, -0.2) is 23.6 Å². The van der Waals surface area contributed by atoms with Crippen LogP contribution in [0.15, 0.2) is 24.3 Å². The first-order valence-electron chi connectivity index (χ1n) is 8.68. The summed E-state index contributed by atoms with van der Waals surface area (Å²) in [6.07, 6.45) is 2.67. The summed E-state index contributed by atoms with van der Waals surface area (Å²) in [5, 5.41) is 12.1. The van der Waals surface area contributed by atoms with Crippen molar-refractivity contribution in [3.63, 3.8) is 0 Å². The van der Waals surface area contributed by atoms with Gasteiger partial charge in [-0.1, -0.05) is 38.5 Å². The average Bonchev–Trinajstić information content (AvgIpc) is 2.58. The molecule has 2 unspecified atom stereocenters. The number of nitrogens with one attached hydrogen (secondary N) is 1. The molecule has 2 rings (SSSR count). The maximum atomic E-state index is 12.4. The van der Waals surface area contributed by atoms with E-state index in [1.165, 1.54) is 0 Å². The third kappa shape index (κ3) is 5.25. The van der Waals surface area contributed by atoms with Crippen LogP contribution in [0.1, 0.15) is 45.1 Å². The van der Waals surface area contributed by atoms with Crippen LogP contribution in [0.2, 0.25) is 0 Å². The van der Waals surface area contributed by atoms with Crippen molar-refractivity contribution in [3.8, 4) is 5.75 Å². The van der Waals surface area contributed by atoms with E-state index >= 15 is 0 Å². The number of carboxylic acids is 1. The SMILES string of the molecule is CC(C)COc1ccccc1CNC(=O)C1CCCC(C(=O)O)C1. The van der Waals surface area contributed by atoms with Gasteiger partial charge in [-0.2, -0.15) is 0 Å². The number of amides is 1. The number of para-hydroxylation sites is 1. The summed E-state index contributed by atoms with van der Waals surface area (Å²) in [6, 6.07) is 7.69. The number of hydrogen-bond acceptors (Lipinski definition) is 3. The Balaban J connectivity index is 1.90. The number of benzene rings is 1. The fourth-order valence-corrected chi connectivity index (χ4v) is 3.03. The first-order chi connectivity index (χ1) is 11.5. The summed E-state index contributed by atoms with van der Waals surface area (Å²) >= 11 is 0. The van der Waals surface area contributed by atoms with Gasteiger partial charge in [-0.15, -0.1) is 0 Å². The molecule has 0 spiro atoms. The van der Waals surface area contributed by atoms with E-state index in [1.54, 1.807) is 0 Å². The lowest BCUT2D eigenvalue weighted by molar-refractivity contribution is -0.144. The van der Waals surface area contributed by atoms with Crippen LogP contribution in [0.25, 0.3) is 0 Å². The molecule has 0 aliphatic heterocycles. The molecule has 1 aliphatic rings. The zero-order chi connectivity index (χ0) is 17.5. The molecular weight excluding hydrogens is 306 g/mol. The minimum absolute atomic E-state index is 0.0559. The second kappa shape index (κ2) is 8.71. The third-order valence-corrected chi connectivity index (χ3v) is 4.39. The standard InChI is InChI=1S/C19H27NO4/c1-13(2)12-24-17-9-4-3-6-16(17)11-20-18(21)14-7-5-8-15(10-14)19(22)23/h3-4,6,9,13-15H,5,7-8,10-12H2,1-2H3,(H,20,21)(H,22,23). The molecule has 0 bridgehead atoms. The van der Waals surface area contributed by atoms with Gasteiger partial charge in [0.2, 0.25) is 5.91 Å². The second-order valence-corrected chi connectivity index (χ2v) is 6.93. The fourth-order valence-electron chi connectivity index (χ4n) is 3.03. The van der Waals surface area contributed by atoms with Crippen molar-refractivity contribution >= 4 is 11.9 Å². The van der Waals surface area contributed by atoms with E-state index in [2.05, 4.69) is 19.2 Å². The number of carbonyl (C=O) groups is 2. The number of rotatable bonds is 7. The average molecular weight is 333 g/mol. The molecule has 1 aliphatic carbocycles. The minimum atomic E-state index is -0.792. The van der Waals surface area contributed by atoms with Gasteiger partial charge in [0.05, 0.1) is 12.5 Å². The van der Waals surface area contributed by atoms with Gasteiger partial charge in [0.15, 0.2) is 0 Å². The Bertz CT molecular complexity index is 570. The Kier molecular flexibility index (Phi) is 6.64. The zero-order valence-electron chi connectivity index (χ0n) is 14.5. The Labute approximate surface area is 143 Å². The molecule has 0 saturated heterocycles. The van der Waals surface area contributed by atoms with E-state index in [-0.39, 0.29) is 11.8 Å². The summed E-state index contributed by atoms with van der Waals surface area (Å²) in [7, 11) is 0. The number of ether oxygens (including phenoxy) is 1. The normalized spacial score (nSPS) is 20.6. The molecule has 0 aromatic heterocycles. The van der Waals surface area contributed by atoms with Gasteiger partial charge < -0.3 is 15.2 Å². The van der Waals surface area contributed by atoms with Crippen molar-refractivity contribution in [2.75, 3.05) is 6.61 Å². The summed E-state index contributed by atoms with van der Waals surface area (Å²) in [5.41, 5.74) is 0.942. The second-order valence-electron chi connectivity index (χ2n) is 6.93. The molecule has 1 aromatic rings. The lowest BCUT2D eigenvalue weighted by Gasteiger charge is -2.25. The van der Waals surface area contributed by atoms with Crippen LogP contribution in [0.3, 0.4) is 0 Å². The molecule has 2 atom stereocenters. The highest BCUT2D eigenvalue weighted by Crippen LogP contribution is 2.29. The van der Waals surface area contributed by atoms with Gasteiger partial charge in [-0.25, -0.2) is 0 Å². The van der Waals surface area contributed by atoms with Gasteiger partial charge in [-0.05, 0) is 31.2 Å². The van der Waals surface area contributed by atoms with E-state index < -0.39 is 11.9 Å². The predicted molar refractivity (Wildman–Crippen MR) is 91.7 cm³/mol. The van der Waals surface area contributed by atoms with Crippen molar-refractivity contribution in [3.05, 3.63) is 29.8 Å². The summed E-state index contributed by atoms with van der Waals surface area (Å²) < 4.78 is 5.80. The van der Waals surface area contributed by atoms with Crippen LogP contribution in [0.5, 0.6) is 5.75 Å². The molecule has 1 saturated carbocycles. The fraction of sp³-hybridized carbons (Fsp3) is 0.579. The van der Waals surface area contributed by atoms with E-state index in [4.69, 9.17) is 9.84 Å². The zero-order valence-corrected chi connectivity index (χ0v) is 14.5. The molecule has 0 radical (unpaired) electrons. The van der Waals surface area contributed by atoms with Crippen LogP contribution in [-0.2, 0) is 16.1 Å². The first kappa shape index (κ1) is 18.3. The van der Waals surface area contributed by atoms with Gasteiger partial charge in [0, 0.05) is 18.0 Å². The number of carboxylic acid groups (broad SMARTS) is 1. The largest absolute Gasteiger partial charge is 0.493 e. The Morgan fingerprint density at radius 1 is 1.25 bits per heavy atom. The number of hydrogen-bond donors (Lipinski definition) is 2. The molecular formula is C19H27NO4. The quantitative estimate of drug-likeness (QED) is 0.803. The Morgan fingerprint density at radius 3 is 2.67 bits per heavy atom. The smallest absolute Gasteiger partial charge is 0.306 e. The molecule has 132 valence electrons. The van der Waals surface area contributed by atoms with Crippen LogP contribution >= 0.6 is 0 Å². The molecule has 1 amide bonds. The highest BCUT2D eigenvalue weighted by Gasteiger charge is 2.30. The Morgan fingerprint density at radius 2 is 1.96 bits per heavy atom. The van der Waals surface area contributed by atoms with Gasteiger partial charge in [0.1, 0.15) is 5.75 Å². The first-order valence-corrected chi connectivity index (χ1v) is 8.68. The number of carbonyl (C=O) groups excluding carboxylic acids is 1. The van der Waals surface area contributed by atoms with Gasteiger partial charge in [0.25, 0.3) is 0 Å². The van der Waals surface area contributed by atoms with E-state index in [0.717, 1.165) is 24.2 Å². The summed E-state index contributed by atoms with van der Waals surface area (Å²) in [5.74, 6) is -0.222.